The van der Waals surface area contributed by atoms with Crippen molar-refractivity contribution in [1.29, 1.82) is 0 Å². The maximum Gasteiger partial charge on any atom is 0.235 e. The number of isocyanates is 1. The van der Waals surface area contributed by atoms with Gasteiger partial charge in [-0.25, -0.2) is 4.79 Å². The fourth-order valence-corrected chi connectivity index (χ4v) is 3.37. The Morgan fingerprint density at radius 3 is 2.04 bits per heavy atom. The molecule has 1 fully saturated rings. The van der Waals surface area contributed by atoms with Crippen LogP contribution in [-0.2, 0) is 17.8 Å². The van der Waals surface area contributed by atoms with E-state index in [0.29, 0.717) is 0 Å². The van der Waals surface area contributed by atoms with Crippen LogP contribution in [0.5, 0.6) is 0 Å². The normalized spacial score (nSPS) is 17.4. The molecule has 2 aromatic rings. The smallest absolute Gasteiger partial charge is 0.235 e. The Bertz CT molecular complexity index is 655. The maximum atomic E-state index is 10.9. The molecule has 3 rings (SSSR count). The van der Waals surface area contributed by atoms with Gasteiger partial charge in [-0.15, -0.1) is 0 Å². The van der Waals surface area contributed by atoms with E-state index in [1.54, 1.807) is 0 Å². The molecule has 0 N–H and O–H groups in total. The van der Waals surface area contributed by atoms with Crippen molar-refractivity contribution in [2.75, 3.05) is 13.1 Å². The van der Waals surface area contributed by atoms with Crippen LogP contribution in [-0.4, -0.2) is 29.6 Å². The zero-order chi connectivity index (χ0) is 16.0. The molecule has 0 atom stereocenters. The van der Waals surface area contributed by atoms with E-state index < -0.39 is 0 Å². The molecule has 1 aliphatic rings. The SMILES string of the molecule is O=C=NC1(Cc2ccccc2)CCN(Cc2ccccc2)CC1. The predicted molar refractivity (Wildman–Crippen MR) is 92.0 cm³/mol. The van der Waals surface area contributed by atoms with Gasteiger partial charge in [-0.3, -0.25) is 4.90 Å². The van der Waals surface area contributed by atoms with E-state index in [-0.39, 0.29) is 5.54 Å². The summed E-state index contributed by atoms with van der Waals surface area (Å²) >= 11 is 0. The molecule has 3 nitrogen and oxygen atoms in total. The Labute approximate surface area is 137 Å². The second-order valence-corrected chi connectivity index (χ2v) is 6.35. The largest absolute Gasteiger partial charge is 0.299 e. The van der Waals surface area contributed by atoms with Crippen LogP contribution < -0.4 is 0 Å². The van der Waals surface area contributed by atoms with Crippen molar-refractivity contribution < 1.29 is 4.79 Å². The quantitative estimate of drug-likeness (QED) is 0.624. The third kappa shape index (κ3) is 4.16. The topological polar surface area (TPSA) is 32.7 Å². The summed E-state index contributed by atoms with van der Waals surface area (Å²) in [6.07, 6.45) is 4.45. The van der Waals surface area contributed by atoms with Crippen molar-refractivity contribution >= 4 is 6.08 Å². The Balaban J connectivity index is 1.65. The van der Waals surface area contributed by atoms with Crippen LogP contribution in [0.15, 0.2) is 65.7 Å². The molecule has 3 heteroatoms. The van der Waals surface area contributed by atoms with E-state index in [2.05, 4.69) is 46.3 Å². The van der Waals surface area contributed by atoms with Crippen LogP contribution in [0.3, 0.4) is 0 Å². The summed E-state index contributed by atoms with van der Waals surface area (Å²) in [5.41, 5.74) is 2.29. The van der Waals surface area contributed by atoms with Crippen LogP contribution in [0.1, 0.15) is 24.0 Å². The van der Waals surface area contributed by atoms with E-state index in [0.717, 1.165) is 38.9 Å². The number of carbonyl (C=O) groups excluding carboxylic acids is 1. The average Bonchev–Trinajstić information content (AvgIpc) is 2.59. The number of likely N-dealkylation sites (tertiary alicyclic amines) is 1. The second kappa shape index (κ2) is 7.36. The molecule has 118 valence electrons. The monoisotopic (exact) mass is 306 g/mol. The number of nitrogens with zero attached hydrogens (tertiary/aromatic N) is 2. The number of piperidine rings is 1. The molecule has 0 radical (unpaired) electrons. The summed E-state index contributed by atoms with van der Waals surface area (Å²) in [7, 11) is 0. The Morgan fingerprint density at radius 1 is 0.913 bits per heavy atom. The fourth-order valence-electron chi connectivity index (χ4n) is 3.37. The minimum atomic E-state index is -0.281. The van der Waals surface area contributed by atoms with Crippen molar-refractivity contribution in [1.82, 2.24) is 4.90 Å². The van der Waals surface area contributed by atoms with E-state index in [9.17, 15) is 4.79 Å². The number of hydrogen-bond acceptors (Lipinski definition) is 3. The van der Waals surface area contributed by atoms with Gasteiger partial charge in [-0.2, -0.15) is 4.99 Å². The summed E-state index contributed by atoms with van der Waals surface area (Å²) < 4.78 is 0. The van der Waals surface area contributed by atoms with Crippen molar-refractivity contribution in [2.45, 2.75) is 31.3 Å². The fraction of sp³-hybridized carbons (Fsp3) is 0.350. The van der Waals surface area contributed by atoms with Gasteiger partial charge in [0.15, 0.2) is 0 Å². The van der Waals surface area contributed by atoms with Gasteiger partial charge in [0.25, 0.3) is 0 Å². The molecular formula is C20H22N2O. The number of aliphatic imine (C=N–C) groups is 1. The first-order valence-electron chi connectivity index (χ1n) is 8.19. The average molecular weight is 306 g/mol. The van der Waals surface area contributed by atoms with Crippen molar-refractivity contribution in [3.05, 3.63) is 71.8 Å². The highest BCUT2D eigenvalue weighted by atomic mass is 16.1. The third-order valence-electron chi connectivity index (χ3n) is 4.69. The van der Waals surface area contributed by atoms with Gasteiger partial charge >= 0.3 is 0 Å². The summed E-state index contributed by atoms with van der Waals surface area (Å²) in [6.45, 7) is 2.90. The first-order chi connectivity index (χ1) is 11.3. The van der Waals surface area contributed by atoms with Crippen LogP contribution >= 0.6 is 0 Å². The number of rotatable bonds is 5. The minimum absolute atomic E-state index is 0.281. The molecule has 0 amide bonds. The van der Waals surface area contributed by atoms with Crippen LogP contribution in [0.4, 0.5) is 0 Å². The molecule has 23 heavy (non-hydrogen) atoms. The second-order valence-electron chi connectivity index (χ2n) is 6.35. The molecule has 0 spiro atoms. The van der Waals surface area contributed by atoms with Crippen molar-refractivity contribution in [3.63, 3.8) is 0 Å². The lowest BCUT2D eigenvalue weighted by molar-refractivity contribution is 0.156. The molecule has 0 aliphatic carbocycles. The predicted octanol–water partition coefficient (Wildman–Crippen LogP) is 3.60. The molecule has 0 unspecified atom stereocenters. The minimum Gasteiger partial charge on any atom is -0.299 e. The Kier molecular flexibility index (Phi) is 5.02. The van der Waals surface area contributed by atoms with Gasteiger partial charge in [0.05, 0.1) is 5.54 Å². The van der Waals surface area contributed by atoms with E-state index >= 15 is 0 Å². The highest BCUT2D eigenvalue weighted by Gasteiger charge is 2.34. The molecule has 1 saturated heterocycles. The van der Waals surface area contributed by atoms with E-state index in [1.807, 2.05) is 30.3 Å². The Hall–Kier alpha value is -2.22. The molecule has 1 heterocycles. The summed E-state index contributed by atoms with van der Waals surface area (Å²) in [6, 6.07) is 20.8. The van der Waals surface area contributed by atoms with E-state index in [1.165, 1.54) is 11.1 Å². The number of hydrogen-bond donors (Lipinski definition) is 0. The zero-order valence-electron chi connectivity index (χ0n) is 13.3. The molecule has 0 saturated carbocycles. The lowest BCUT2D eigenvalue weighted by atomic mass is 9.82. The third-order valence-corrected chi connectivity index (χ3v) is 4.69. The van der Waals surface area contributed by atoms with Crippen LogP contribution in [0, 0.1) is 0 Å². The molecule has 1 aliphatic heterocycles. The Morgan fingerprint density at radius 2 is 1.48 bits per heavy atom. The molecule has 0 bridgehead atoms. The highest BCUT2D eigenvalue weighted by molar-refractivity contribution is 5.36. The number of benzene rings is 2. The highest BCUT2D eigenvalue weighted by Crippen LogP contribution is 2.30. The van der Waals surface area contributed by atoms with Crippen molar-refractivity contribution in [3.8, 4) is 0 Å². The molecular weight excluding hydrogens is 284 g/mol. The summed E-state index contributed by atoms with van der Waals surface area (Å²) in [5.74, 6) is 0. The van der Waals surface area contributed by atoms with Crippen molar-refractivity contribution in [2.24, 2.45) is 4.99 Å². The van der Waals surface area contributed by atoms with Gasteiger partial charge in [0.2, 0.25) is 6.08 Å². The van der Waals surface area contributed by atoms with Crippen LogP contribution in [0.25, 0.3) is 0 Å². The first kappa shape index (κ1) is 15.7. The lowest BCUT2D eigenvalue weighted by Crippen LogP contribution is -2.44. The summed E-state index contributed by atoms with van der Waals surface area (Å²) in [4.78, 5) is 17.6. The molecule has 2 aromatic carbocycles. The zero-order valence-corrected chi connectivity index (χ0v) is 13.3. The summed E-state index contributed by atoms with van der Waals surface area (Å²) in [5, 5.41) is 0. The van der Waals surface area contributed by atoms with Gasteiger partial charge < -0.3 is 0 Å². The molecule has 0 aromatic heterocycles. The first-order valence-corrected chi connectivity index (χ1v) is 8.19. The van der Waals surface area contributed by atoms with Gasteiger partial charge in [-0.1, -0.05) is 60.7 Å². The van der Waals surface area contributed by atoms with Gasteiger partial charge in [0, 0.05) is 19.6 Å². The van der Waals surface area contributed by atoms with E-state index in [4.69, 9.17) is 0 Å². The van der Waals surface area contributed by atoms with Gasteiger partial charge in [0.1, 0.15) is 0 Å². The van der Waals surface area contributed by atoms with Gasteiger partial charge in [-0.05, 0) is 30.4 Å². The lowest BCUT2D eigenvalue weighted by Gasteiger charge is -2.38. The standard InChI is InChI=1S/C20H22N2O/c23-17-21-20(15-18-7-3-1-4-8-18)11-13-22(14-12-20)16-19-9-5-2-6-10-19/h1-10H,11-16H2. The van der Waals surface area contributed by atoms with Crippen LogP contribution in [0.2, 0.25) is 0 Å². The maximum absolute atomic E-state index is 10.9.